The summed E-state index contributed by atoms with van der Waals surface area (Å²) < 4.78 is 0. The zero-order valence-electron chi connectivity index (χ0n) is 12.4. The van der Waals surface area contributed by atoms with Gasteiger partial charge in [-0.05, 0) is 44.7 Å². The fourth-order valence-electron chi connectivity index (χ4n) is 3.57. The normalized spacial score (nSPS) is 24.1. The molecule has 1 atom stereocenters. The van der Waals surface area contributed by atoms with E-state index in [0.717, 1.165) is 44.7 Å². The van der Waals surface area contributed by atoms with Crippen molar-refractivity contribution in [3.8, 4) is 0 Å². The summed E-state index contributed by atoms with van der Waals surface area (Å²) in [4.78, 5) is 12.4. The van der Waals surface area contributed by atoms with Gasteiger partial charge in [0.1, 0.15) is 0 Å². The van der Waals surface area contributed by atoms with Crippen molar-refractivity contribution in [3.05, 3.63) is 0 Å². The van der Waals surface area contributed by atoms with E-state index in [1.807, 2.05) is 0 Å². The SMILES string of the molecule is CCC(CC1CCCCC1)C(=O)NC1CCNCC1. The largest absolute Gasteiger partial charge is 0.353 e. The van der Waals surface area contributed by atoms with Gasteiger partial charge in [-0.2, -0.15) is 0 Å². The molecule has 110 valence electrons. The Labute approximate surface area is 117 Å². The summed E-state index contributed by atoms with van der Waals surface area (Å²) in [6, 6.07) is 0.411. The van der Waals surface area contributed by atoms with Gasteiger partial charge in [0.15, 0.2) is 0 Å². The summed E-state index contributed by atoms with van der Waals surface area (Å²) in [5.41, 5.74) is 0. The second-order valence-electron chi connectivity index (χ2n) is 6.38. The van der Waals surface area contributed by atoms with Gasteiger partial charge in [0, 0.05) is 12.0 Å². The van der Waals surface area contributed by atoms with Gasteiger partial charge < -0.3 is 10.6 Å². The van der Waals surface area contributed by atoms with Crippen LogP contribution >= 0.6 is 0 Å². The van der Waals surface area contributed by atoms with Crippen molar-refractivity contribution in [2.24, 2.45) is 11.8 Å². The van der Waals surface area contributed by atoms with E-state index >= 15 is 0 Å². The maximum atomic E-state index is 12.4. The molecule has 2 N–H and O–H groups in total. The summed E-state index contributed by atoms with van der Waals surface area (Å²) in [7, 11) is 0. The van der Waals surface area contributed by atoms with E-state index in [9.17, 15) is 4.79 Å². The van der Waals surface area contributed by atoms with Gasteiger partial charge in [-0.15, -0.1) is 0 Å². The Morgan fingerprint density at radius 2 is 1.84 bits per heavy atom. The van der Waals surface area contributed by atoms with Crippen LogP contribution in [0.4, 0.5) is 0 Å². The Kier molecular flexibility index (Phi) is 6.15. The van der Waals surface area contributed by atoms with Crippen molar-refractivity contribution < 1.29 is 4.79 Å². The van der Waals surface area contributed by atoms with Crippen molar-refractivity contribution in [2.45, 2.75) is 70.8 Å². The van der Waals surface area contributed by atoms with E-state index in [0.29, 0.717) is 11.9 Å². The van der Waals surface area contributed by atoms with Crippen LogP contribution in [-0.4, -0.2) is 25.0 Å². The molecule has 1 heterocycles. The van der Waals surface area contributed by atoms with Crippen LogP contribution < -0.4 is 10.6 Å². The van der Waals surface area contributed by atoms with E-state index in [-0.39, 0.29) is 5.92 Å². The molecule has 1 aliphatic heterocycles. The average Bonchev–Trinajstić information content (AvgIpc) is 2.47. The third kappa shape index (κ3) is 4.79. The summed E-state index contributed by atoms with van der Waals surface area (Å²) in [6.45, 7) is 4.25. The number of rotatable bonds is 5. The molecule has 1 saturated heterocycles. The predicted molar refractivity (Wildman–Crippen MR) is 79.0 cm³/mol. The number of carbonyl (C=O) groups is 1. The van der Waals surface area contributed by atoms with E-state index in [1.54, 1.807) is 0 Å². The molecule has 1 saturated carbocycles. The Hall–Kier alpha value is -0.570. The van der Waals surface area contributed by atoms with E-state index in [2.05, 4.69) is 17.6 Å². The van der Waals surface area contributed by atoms with Gasteiger partial charge in [-0.1, -0.05) is 39.0 Å². The molecule has 0 radical (unpaired) electrons. The zero-order valence-corrected chi connectivity index (χ0v) is 12.4. The van der Waals surface area contributed by atoms with Crippen molar-refractivity contribution in [3.63, 3.8) is 0 Å². The first kappa shape index (κ1) is 14.8. The molecule has 0 bridgehead atoms. The summed E-state index contributed by atoms with van der Waals surface area (Å²) >= 11 is 0. The molecule has 1 aliphatic carbocycles. The molecule has 1 unspecified atom stereocenters. The van der Waals surface area contributed by atoms with Gasteiger partial charge in [0.2, 0.25) is 5.91 Å². The van der Waals surface area contributed by atoms with Crippen LogP contribution in [0.2, 0.25) is 0 Å². The highest BCUT2D eigenvalue weighted by Gasteiger charge is 2.25. The van der Waals surface area contributed by atoms with Gasteiger partial charge in [-0.3, -0.25) is 4.79 Å². The quantitative estimate of drug-likeness (QED) is 0.803. The number of hydrogen-bond acceptors (Lipinski definition) is 2. The van der Waals surface area contributed by atoms with Crippen LogP contribution in [0.3, 0.4) is 0 Å². The highest BCUT2D eigenvalue weighted by atomic mass is 16.1. The third-order valence-corrected chi connectivity index (χ3v) is 4.89. The minimum Gasteiger partial charge on any atom is -0.353 e. The summed E-state index contributed by atoms with van der Waals surface area (Å²) in [6.07, 6.45) is 11.1. The Morgan fingerprint density at radius 3 is 2.47 bits per heavy atom. The Balaban J connectivity index is 1.76. The van der Waals surface area contributed by atoms with Crippen LogP contribution in [0, 0.1) is 11.8 Å². The summed E-state index contributed by atoms with van der Waals surface area (Å²) in [5, 5.41) is 6.63. The van der Waals surface area contributed by atoms with Gasteiger partial charge in [0.25, 0.3) is 0 Å². The molecule has 19 heavy (non-hydrogen) atoms. The minimum atomic E-state index is 0.248. The van der Waals surface area contributed by atoms with E-state index < -0.39 is 0 Å². The molecule has 0 aromatic rings. The fraction of sp³-hybridized carbons (Fsp3) is 0.938. The first-order valence-electron chi connectivity index (χ1n) is 8.30. The zero-order chi connectivity index (χ0) is 13.5. The molecule has 0 aromatic heterocycles. The lowest BCUT2D eigenvalue weighted by atomic mass is 9.81. The van der Waals surface area contributed by atoms with E-state index in [1.165, 1.54) is 32.1 Å². The smallest absolute Gasteiger partial charge is 0.223 e. The van der Waals surface area contributed by atoms with Crippen LogP contribution in [0.25, 0.3) is 0 Å². The van der Waals surface area contributed by atoms with E-state index in [4.69, 9.17) is 0 Å². The number of carbonyl (C=O) groups excluding carboxylic acids is 1. The Morgan fingerprint density at radius 1 is 1.16 bits per heavy atom. The van der Waals surface area contributed by atoms with Crippen LogP contribution in [0.5, 0.6) is 0 Å². The molecule has 2 aliphatic rings. The molecule has 0 aromatic carbocycles. The molecule has 2 fully saturated rings. The number of piperidine rings is 1. The first-order chi connectivity index (χ1) is 9.29. The van der Waals surface area contributed by atoms with Crippen molar-refractivity contribution >= 4 is 5.91 Å². The molecular formula is C16H30N2O. The molecule has 3 nitrogen and oxygen atoms in total. The average molecular weight is 266 g/mol. The van der Waals surface area contributed by atoms with Crippen molar-refractivity contribution in [1.29, 1.82) is 0 Å². The monoisotopic (exact) mass is 266 g/mol. The molecule has 3 heteroatoms. The van der Waals surface area contributed by atoms with Crippen molar-refractivity contribution in [2.75, 3.05) is 13.1 Å². The second-order valence-corrected chi connectivity index (χ2v) is 6.38. The lowest BCUT2D eigenvalue weighted by Gasteiger charge is -2.28. The maximum Gasteiger partial charge on any atom is 0.223 e. The predicted octanol–water partition coefficient (Wildman–Crippen LogP) is 2.85. The molecular weight excluding hydrogens is 236 g/mol. The topological polar surface area (TPSA) is 41.1 Å². The standard InChI is InChI=1S/C16H30N2O/c1-2-14(12-13-6-4-3-5-7-13)16(19)18-15-8-10-17-11-9-15/h13-15,17H,2-12H2,1H3,(H,18,19). The second kappa shape index (κ2) is 7.88. The number of nitrogens with one attached hydrogen (secondary N) is 2. The lowest BCUT2D eigenvalue weighted by Crippen LogP contribution is -2.45. The van der Waals surface area contributed by atoms with Crippen LogP contribution in [0.1, 0.15) is 64.7 Å². The minimum absolute atomic E-state index is 0.248. The van der Waals surface area contributed by atoms with Gasteiger partial charge in [-0.25, -0.2) is 0 Å². The lowest BCUT2D eigenvalue weighted by molar-refractivity contribution is -0.126. The highest BCUT2D eigenvalue weighted by molar-refractivity contribution is 5.78. The number of hydrogen-bond donors (Lipinski definition) is 2. The fourth-order valence-corrected chi connectivity index (χ4v) is 3.57. The van der Waals surface area contributed by atoms with Crippen molar-refractivity contribution in [1.82, 2.24) is 10.6 Å². The molecule has 1 amide bonds. The molecule has 0 spiro atoms. The van der Waals surface area contributed by atoms with Gasteiger partial charge >= 0.3 is 0 Å². The van der Waals surface area contributed by atoms with Crippen LogP contribution in [-0.2, 0) is 4.79 Å². The first-order valence-corrected chi connectivity index (χ1v) is 8.30. The molecule has 2 rings (SSSR count). The summed E-state index contributed by atoms with van der Waals surface area (Å²) in [5.74, 6) is 1.37. The highest BCUT2D eigenvalue weighted by Crippen LogP contribution is 2.30. The third-order valence-electron chi connectivity index (χ3n) is 4.89. The van der Waals surface area contributed by atoms with Crippen LogP contribution in [0.15, 0.2) is 0 Å². The number of amides is 1. The van der Waals surface area contributed by atoms with Gasteiger partial charge in [0.05, 0.1) is 0 Å². The Bertz CT molecular complexity index is 268. The maximum absolute atomic E-state index is 12.4.